The Morgan fingerprint density at radius 2 is 1.07 bits per heavy atom. The van der Waals surface area contributed by atoms with E-state index < -0.39 is 45.7 Å². The van der Waals surface area contributed by atoms with Crippen LogP contribution in [0.15, 0.2) is 103 Å². The molecule has 2 aromatic carbocycles. The van der Waals surface area contributed by atoms with E-state index in [1.54, 1.807) is 67.8 Å². The Balaban J connectivity index is 0.000000451. The first-order valence-corrected chi connectivity index (χ1v) is 20.5. The van der Waals surface area contributed by atoms with Crippen LogP contribution in [-0.2, 0) is 40.5 Å². The fourth-order valence-electron chi connectivity index (χ4n) is 3.87. The molecule has 0 aliphatic heterocycles. The van der Waals surface area contributed by atoms with Crippen molar-refractivity contribution in [3.05, 3.63) is 119 Å². The third-order valence-corrected chi connectivity index (χ3v) is 15.4. The Bertz CT molecular complexity index is 1990. The normalized spacial score (nSPS) is 14.9. The highest BCUT2D eigenvalue weighted by Gasteiger charge is 2.22. The highest BCUT2D eigenvalue weighted by atomic mass is 32.3. The Labute approximate surface area is 279 Å². The van der Waals surface area contributed by atoms with Gasteiger partial charge in [0.15, 0.2) is 0 Å². The standard InChI is InChI=1S/C16H20N2O3S2.C16H20N2O2S2.CH4.H2/c1-12-5-9-16(10-6-12)23(20,21)18-22(4,19)14(3)15-8-7-13(2)17-11-15;1-12-5-9-16(10-6-12)22(19,20)18-21(4)14(3)15-8-7-13(2)17-11-15;;/h5-11,14H,1-4H3;5-11,14H,1-4H3;1H4;1H/i;;;1+1. The molecular formula is C33H46N4O5S4. The molecule has 4 rings (SSSR count). The topological polar surface area (TPSA) is 136 Å². The Morgan fingerprint density at radius 3 is 1.48 bits per heavy atom. The van der Waals surface area contributed by atoms with Crippen molar-refractivity contribution in [2.24, 2.45) is 7.54 Å². The van der Waals surface area contributed by atoms with Gasteiger partial charge in [0.2, 0.25) is 0 Å². The van der Waals surface area contributed by atoms with Crippen molar-refractivity contribution in [1.29, 1.82) is 0 Å². The van der Waals surface area contributed by atoms with E-state index >= 15 is 0 Å². The van der Waals surface area contributed by atoms with Crippen LogP contribution in [0.1, 0.15) is 66.8 Å². The average Bonchev–Trinajstić information content (AvgIpc) is 2.97. The molecular weight excluding hydrogens is 661 g/mol. The van der Waals surface area contributed by atoms with Crippen LogP contribution in [-0.4, -0.2) is 43.5 Å². The minimum Gasteiger partial charge on any atom is -0.261 e. The van der Waals surface area contributed by atoms with Crippen LogP contribution in [0.2, 0.25) is 0 Å². The zero-order valence-electron chi connectivity index (χ0n) is 26.7. The van der Waals surface area contributed by atoms with Crippen molar-refractivity contribution in [3.63, 3.8) is 0 Å². The number of nitrogens with zero attached hydrogens (tertiary/aromatic N) is 4. The predicted molar refractivity (Wildman–Crippen MR) is 193 cm³/mol. The first kappa shape index (κ1) is 38.9. The first-order chi connectivity index (χ1) is 20.9. The second-order valence-corrected chi connectivity index (χ2v) is 19.1. The molecule has 0 bridgehead atoms. The second kappa shape index (κ2) is 16.0. The number of benzene rings is 2. The maximum absolute atomic E-state index is 12.9. The van der Waals surface area contributed by atoms with Crippen molar-refractivity contribution < 1.29 is 22.5 Å². The summed E-state index contributed by atoms with van der Waals surface area (Å²) >= 11 is 0. The van der Waals surface area contributed by atoms with E-state index in [-0.39, 0.29) is 23.9 Å². The molecule has 0 spiro atoms. The van der Waals surface area contributed by atoms with Gasteiger partial charge in [0, 0.05) is 36.7 Å². The molecule has 0 saturated carbocycles. The average molecular weight is 708 g/mol. The lowest BCUT2D eigenvalue weighted by Gasteiger charge is -2.14. The molecule has 9 nitrogen and oxygen atoms in total. The highest BCUT2D eigenvalue weighted by molar-refractivity contribution is 8.03. The number of hydrogen-bond donors (Lipinski definition) is 0. The van der Waals surface area contributed by atoms with Crippen LogP contribution in [0, 0.1) is 27.7 Å². The molecule has 2 aromatic heterocycles. The van der Waals surface area contributed by atoms with Gasteiger partial charge < -0.3 is 0 Å². The summed E-state index contributed by atoms with van der Waals surface area (Å²) in [6, 6.07) is 20.6. The van der Waals surface area contributed by atoms with E-state index in [9.17, 15) is 21.0 Å². The third-order valence-electron chi connectivity index (χ3n) is 7.07. The van der Waals surface area contributed by atoms with E-state index in [1.807, 2.05) is 53.0 Å². The molecule has 0 saturated heterocycles. The van der Waals surface area contributed by atoms with Gasteiger partial charge in [-0.2, -0.15) is 16.8 Å². The molecule has 0 radical (unpaired) electrons. The van der Waals surface area contributed by atoms with Crippen LogP contribution in [0.4, 0.5) is 0 Å². The summed E-state index contributed by atoms with van der Waals surface area (Å²) in [6.07, 6.45) is 6.61. The van der Waals surface area contributed by atoms with Crippen molar-refractivity contribution in [1.82, 2.24) is 9.97 Å². The summed E-state index contributed by atoms with van der Waals surface area (Å²) in [4.78, 5) is 8.71. The minimum atomic E-state index is -3.97. The van der Waals surface area contributed by atoms with Gasteiger partial charge in [-0.1, -0.05) is 65.6 Å². The molecule has 4 atom stereocenters. The molecule has 4 aromatic rings. The van der Waals surface area contributed by atoms with E-state index in [2.05, 4.69) is 17.5 Å². The number of pyridine rings is 2. The zero-order valence-corrected chi connectivity index (χ0v) is 30.0. The summed E-state index contributed by atoms with van der Waals surface area (Å²) in [5.74, 6) is 0. The van der Waals surface area contributed by atoms with Gasteiger partial charge in [0.05, 0.1) is 24.8 Å². The van der Waals surface area contributed by atoms with Gasteiger partial charge in [-0.15, -0.1) is 7.54 Å². The molecule has 2 heterocycles. The molecule has 0 N–H and O–H groups in total. The van der Waals surface area contributed by atoms with Gasteiger partial charge in [-0.25, -0.2) is 4.21 Å². The molecule has 13 heteroatoms. The summed E-state index contributed by atoms with van der Waals surface area (Å²) in [6.45, 7) is 11.2. The molecule has 4 unspecified atom stereocenters. The van der Waals surface area contributed by atoms with E-state index in [0.29, 0.717) is 5.56 Å². The number of rotatable bonds is 8. The fourth-order valence-corrected chi connectivity index (χ4v) is 10.5. The molecule has 252 valence electrons. The van der Waals surface area contributed by atoms with Crippen molar-refractivity contribution in [3.8, 4) is 0 Å². The summed E-state index contributed by atoms with van der Waals surface area (Å²) in [5.41, 5.74) is 5.45. The van der Waals surface area contributed by atoms with Crippen LogP contribution in [0.25, 0.3) is 0 Å². The predicted octanol–water partition coefficient (Wildman–Crippen LogP) is 7.71. The molecule has 46 heavy (non-hydrogen) atoms. The third kappa shape index (κ3) is 10.6. The SMILES string of the molecule is C.Cc1ccc(S(=O)(=O)N=S(C)(=O)C(C)c2ccc(C)nc2)cc1.Cc1ccc(S(=O)(=O)N=S(C)C(C)c2ccc(C)nc2)cc1.[2HH]. The fraction of sp³-hybridized carbons (Fsp3) is 0.333. The van der Waals surface area contributed by atoms with Gasteiger partial charge in [0.1, 0.15) is 0 Å². The van der Waals surface area contributed by atoms with E-state index in [0.717, 1.165) is 28.1 Å². The monoisotopic (exact) mass is 707 g/mol. The van der Waals surface area contributed by atoms with E-state index in [4.69, 9.17) is 0 Å². The van der Waals surface area contributed by atoms with Crippen molar-refractivity contribution in [2.75, 3.05) is 12.5 Å². The summed E-state index contributed by atoms with van der Waals surface area (Å²) < 4.78 is 70.2. The number of aromatic nitrogens is 2. The molecule has 0 aliphatic rings. The Hall–Kier alpha value is -3.26. The second-order valence-electron chi connectivity index (χ2n) is 10.9. The Kier molecular flexibility index (Phi) is 13.6. The Morgan fingerprint density at radius 1 is 0.652 bits per heavy atom. The smallest absolute Gasteiger partial charge is 0.261 e. The lowest BCUT2D eigenvalue weighted by atomic mass is 10.2. The van der Waals surface area contributed by atoms with Gasteiger partial charge in [0.25, 0.3) is 20.0 Å². The van der Waals surface area contributed by atoms with Crippen LogP contribution in [0.5, 0.6) is 0 Å². The van der Waals surface area contributed by atoms with Gasteiger partial charge in [-0.05, 0) is 95.3 Å². The van der Waals surface area contributed by atoms with Crippen molar-refractivity contribution in [2.45, 2.75) is 69.3 Å². The lowest BCUT2D eigenvalue weighted by molar-refractivity contribution is 0.596. The van der Waals surface area contributed by atoms with Crippen LogP contribution >= 0.6 is 0 Å². The number of hydrogen-bond acceptors (Lipinski definition) is 7. The lowest BCUT2D eigenvalue weighted by Crippen LogP contribution is -2.11. The molecule has 0 aliphatic carbocycles. The largest absolute Gasteiger partial charge is 0.290 e. The summed E-state index contributed by atoms with van der Waals surface area (Å²) in [7, 11) is -11.2. The van der Waals surface area contributed by atoms with Crippen molar-refractivity contribution >= 4 is 40.5 Å². The first-order valence-electron chi connectivity index (χ1n) is 14.0. The number of sulfonamides is 2. The minimum absolute atomic E-state index is 0. The quantitative estimate of drug-likeness (QED) is 0.183. The maximum Gasteiger partial charge on any atom is 0.290 e. The van der Waals surface area contributed by atoms with Crippen LogP contribution < -0.4 is 0 Å². The highest BCUT2D eigenvalue weighted by Crippen LogP contribution is 2.26. The molecule has 0 fully saturated rings. The zero-order chi connectivity index (χ0) is 33.6. The van der Waals surface area contributed by atoms with Gasteiger partial charge >= 0.3 is 0 Å². The summed E-state index contributed by atoms with van der Waals surface area (Å²) in [5, 5.41) is -0.538. The van der Waals surface area contributed by atoms with Crippen LogP contribution in [0.3, 0.4) is 0 Å². The van der Waals surface area contributed by atoms with Gasteiger partial charge in [-0.3, -0.25) is 9.97 Å². The molecule has 0 amide bonds. The maximum atomic E-state index is 12.9. The van der Waals surface area contributed by atoms with E-state index in [1.165, 1.54) is 18.4 Å². The number of aryl methyl sites for hydroxylation is 4.